The van der Waals surface area contributed by atoms with Crippen molar-refractivity contribution in [2.45, 2.75) is 6.42 Å². The van der Waals surface area contributed by atoms with Gasteiger partial charge in [0.1, 0.15) is 0 Å². The monoisotopic (exact) mass is 198 g/mol. The summed E-state index contributed by atoms with van der Waals surface area (Å²) in [5.41, 5.74) is 2.71. The van der Waals surface area contributed by atoms with E-state index in [4.69, 9.17) is 0 Å². The summed E-state index contributed by atoms with van der Waals surface area (Å²) < 4.78 is 0. The fourth-order valence-corrected chi connectivity index (χ4v) is 1.43. The van der Waals surface area contributed by atoms with Gasteiger partial charge in [-0.3, -0.25) is 14.8 Å². The molecule has 2 aromatic rings. The molecule has 0 aliphatic carbocycles. The van der Waals surface area contributed by atoms with Crippen molar-refractivity contribution in [1.82, 2.24) is 9.97 Å². The second-order valence-electron chi connectivity index (χ2n) is 3.23. The molecule has 0 bridgehead atoms. The molecule has 0 fully saturated rings. The highest BCUT2D eigenvalue weighted by Crippen LogP contribution is 2.10. The van der Waals surface area contributed by atoms with Crippen molar-refractivity contribution in [2.24, 2.45) is 0 Å². The molecule has 0 unspecified atom stereocenters. The Morgan fingerprint density at radius 1 is 1.13 bits per heavy atom. The number of aldehydes is 1. The largest absolute Gasteiger partial charge is 0.298 e. The van der Waals surface area contributed by atoms with Gasteiger partial charge in [-0.25, -0.2) is 0 Å². The first-order valence-corrected chi connectivity index (χ1v) is 4.67. The van der Waals surface area contributed by atoms with Gasteiger partial charge in [0.15, 0.2) is 6.29 Å². The van der Waals surface area contributed by atoms with Crippen molar-refractivity contribution in [3.63, 3.8) is 0 Å². The van der Waals surface area contributed by atoms with Gasteiger partial charge in [-0.15, -0.1) is 0 Å². The number of rotatable bonds is 3. The van der Waals surface area contributed by atoms with E-state index in [9.17, 15) is 4.79 Å². The van der Waals surface area contributed by atoms with E-state index in [1.54, 1.807) is 24.8 Å². The normalized spacial score (nSPS) is 9.87. The molecule has 0 spiro atoms. The topological polar surface area (TPSA) is 42.9 Å². The first-order valence-electron chi connectivity index (χ1n) is 4.67. The number of aromatic nitrogens is 2. The third-order valence-electron chi connectivity index (χ3n) is 2.19. The van der Waals surface area contributed by atoms with Crippen LogP contribution >= 0.6 is 0 Å². The summed E-state index contributed by atoms with van der Waals surface area (Å²) in [6.07, 6.45) is 8.35. The maximum atomic E-state index is 10.8. The van der Waals surface area contributed by atoms with Crippen LogP contribution in [0.2, 0.25) is 0 Å². The minimum atomic E-state index is 0.640. The zero-order chi connectivity index (χ0) is 10.5. The zero-order valence-corrected chi connectivity index (χ0v) is 8.13. The predicted molar refractivity (Wildman–Crippen MR) is 56.7 cm³/mol. The minimum Gasteiger partial charge on any atom is -0.298 e. The highest BCUT2D eigenvalue weighted by Gasteiger charge is 2.01. The number of pyridine rings is 2. The van der Waals surface area contributed by atoms with Gasteiger partial charge in [0.25, 0.3) is 0 Å². The Balaban J connectivity index is 2.28. The van der Waals surface area contributed by atoms with E-state index in [2.05, 4.69) is 9.97 Å². The van der Waals surface area contributed by atoms with Crippen LogP contribution in [0.4, 0.5) is 0 Å². The van der Waals surface area contributed by atoms with E-state index >= 15 is 0 Å². The Morgan fingerprint density at radius 2 is 2.00 bits per heavy atom. The van der Waals surface area contributed by atoms with Gasteiger partial charge >= 0.3 is 0 Å². The van der Waals surface area contributed by atoms with Crippen molar-refractivity contribution >= 4 is 6.29 Å². The molecule has 0 atom stereocenters. The van der Waals surface area contributed by atoms with Gasteiger partial charge in [-0.2, -0.15) is 0 Å². The van der Waals surface area contributed by atoms with Crippen LogP contribution in [0.15, 0.2) is 43.0 Å². The molecular formula is C12H10N2O. The number of nitrogens with zero attached hydrogens (tertiary/aromatic N) is 2. The Morgan fingerprint density at radius 3 is 2.73 bits per heavy atom. The molecule has 2 heterocycles. The first-order chi connectivity index (χ1) is 7.40. The van der Waals surface area contributed by atoms with Gasteiger partial charge in [-0.1, -0.05) is 6.07 Å². The molecule has 0 saturated heterocycles. The highest BCUT2D eigenvalue weighted by atomic mass is 16.1. The maximum absolute atomic E-state index is 10.8. The summed E-state index contributed by atoms with van der Waals surface area (Å²) in [6, 6.07) is 5.73. The Hall–Kier alpha value is -2.03. The number of hydrogen-bond acceptors (Lipinski definition) is 3. The van der Waals surface area contributed by atoms with E-state index in [1.165, 1.54) is 0 Å². The Kier molecular flexibility index (Phi) is 2.83. The SMILES string of the molecule is O=Cc1cnccc1Cc1cccnc1. The second kappa shape index (κ2) is 4.46. The van der Waals surface area contributed by atoms with Crippen molar-refractivity contribution in [3.05, 3.63) is 59.7 Å². The molecule has 15 heavy (non-hydrogen) atoms. The average molecular weight is 198 g/mol. The van der Waals surface area contributed by atoms with Crippen LogP contribution < -0.4 is 0 Å². The molecule has 0 amide bonds. The third-order valence-corrected chi connectivity index (χ3v) is 2.19. The van der Waals surface area contributed by atoms with E-state index in [1.807, 2.05) is 18.2 Å². The van der Waals surface area contributed by atoms with E-state index < -0.39 is 0 Å². The molecule has 3 nitrogen and oxygen atoms in total. The molecule has 3 heteroatoms. The van der Waals surface area contributed by atoms with Crippen LogP contribution in [0.5, 0.6) is 0 Å². The summed E-state index contributed by atoms with van der Waals surface area (Å²) in [4.78, 5) is 18.7. The molecule has 2 aromatic heterocycles. The van der Waals surface area contributed by atoms with Gasteiger partial charge in [0.2, 0.25) is 0 Å². The molecule has 0 radical (unpaired) electrons. The fourth-order valence-electron chi connectivity index (χ4n) is 1.43. The van der Waals surface area contributed by atoms with Gasteiger partial charge in [-0.05, 0) is 29.7 Å². The highest BCUT2D eigenvalue weighted by molar-refractivity contribution is 5.76. The lowest BCUT2D eigenvalue weighted by Crippen LogP contribution is -1.95. The van der Waals surface area contributed by atoms with Crippen LogP contribution in [0.25, 0.3) is 0 Å². The third kappa shape index (κ3) is 2.26. The van der Waals surface area contributed by atoms with Crippen LogP contribution in [-0.4, -0.2) is 16.3 Å². The lowest BCUT2D eigenvalue weighted by atomic mass is 10.0. The van der Waals surface area contributed by atoms with Gasteiger partial charge in [0.05, 0.1) is 0 Å². The molecule has 74 valence electrons. The fraction of sp³-hybridized carbons (Fsp3) is 0.0833. The van der Waals surface area contributed by atoms with Crippen molar-refractivity contribution in [3.8, 4) is 0 Å². The predicted octanol–water partition coefficient (Wildman–Crippen LogP) is 1.88. The van der Waals surface area contributed by atoms with Crippen LogP contribution in [0.1, 0.15) is 21.5 Å². The van der Waals surface area contributed by atoms with E-state index in [-0.39, 0.29) is 0 Å². The van der Waals surface area contributed by atoms with Crippen LogP contribution in [-0.2, 0) is 6.42 Å². The zero-order valence-electron chi connectivity index (χ0n) is 8.13. The molecule has 0 N–H and O–H groups in total. The molecular weight excluding hydrogens is 188 g/mol. The molecule has 0 saturated carbocycles. The summed E-state index contributed by atoms with van der Waals surface area (Å²) in [7, 11) is 0. The summed E-state index contributed by atoms with van der Waals surface area (Å²) in [5.74, 6) is 0. The standard InChI is InChI=1S/C12H10N2O/c15-9-12-8-14-5-3-11(12)6-10-2-1-4-13-7-10/h1-5,7-9H,6H2. The molecule has 0 aliphatic heterocycles. The van der Waals surface area contributed by atoms with E-state index in [0.717, 1.165) is 17.4 Å². The first kappa shape index (κ1) is 9.52. The number of hydrogen-bond donors (Lipinski definition) is 0. The molecule has 0 aliphatic rings. The van der Waals surface area contributed by atoms with Crippen molar-refractivity contribution < 1.29 is 4.79 Å². The smallest absolute Gasteiger partial charge is 0.151 e. The minimum absolute atomic E-state index is 0.640. The summed E-state index contributed by atoms with van der Waals surface area (Å²) >= 11 is 0. The van der Waals surface area contributed by atoms with Crippen molar-refractivity contribution in [2.75, 3.05) is 0 Å². The van der Waals surface area contributed by atoms with E-state index in [0.29, 0.717) is 12.0 Å². The maximum Gasteiger partial charge on any atom is 0.151 e. The molecule has 2 rings (SSSR count). The number of carbonyl (C=O) groups excluding carboxylic acids is 1. The Labute approximate surface area is 87.8 Å². The quantitative estimate of drug-likeness (QED) is 0.707. The van der Waals surface area contributed by atoms with Gasteiger partial charge < -0.3 is 0 Å². The lowest BCUT2D eigenvalue weighted by molar-refractivity contribution is 0.112. The lowest BCUT2D eigenvalue weighted by Gasteiger charge is -2.03. The van der Waals surface area contributed by atoms with Crippen LogP contribution in [0.3, 0.4) is 0 Å². The average Bonchev–Trinajstić information content (AvgIpc) is 2.31. The second-order valence-corrected chi connectivity index (χ2v) is 3.23. The molecule has 0 aromatic carbocycles. The number of carbonyl (C=O) groups is 1. The Bertz CT molecular complexity index is 454. The van der Waals surface area contributed by atoms with Crippen molar-refractivity contribution in [1.29, 1.82) is 0 Å². The summed E-state index contributed by atoms with van der Waals surface area (Å²) in [5, 5.41) is 0. The van der Waals surface area contributed by atoms with Gasteiger partial charge in [0, 0.05) is 30.4 Å². The summed E-state index contributed by atoms with van der Waals surface area (Å²) in [6.45, 7) is 0. The van der Waals surface area contributed by atoms with Crippen LogP contribution in [0, 0.1) is 0 Å².